The summed E-state index contributed by atoms with van der Waals surface area (Å²) in [6.07, 6.45) is 15.3. The number of fused-ring (bicyclic) bond motifs is 7. The van der Waals surface area contributed by atoms with E-state index in [1.807, 2.05) is 32.9 Å². The van der Waals surface area contributed by atoms with Gasteiger partial charge in [0, 0.05) is 19.6 Å². The van der Waals surface area contributed by atoms with Crippen molar-refractivity contribution in [3.05, 3.63) is 53.6 Å². The Morgan fingerprint density at radius 3 is 2.25 bits per heavy atom. The Kier molecular flexibility index (Phi) is 10.8. The molecule has 1 aromatic carbocycles. The maximum Gasteiger partial charge on any atom is 0.338 e. The Hall–Kier alpha value is -1.96. The zero-order valence-corrected chi connectivity index (χ0v) is 36.8. The highest BCUT2D eigenvalue weighted by molar-refractivity contribution is 7.91. The van der Waals surface area contributed by atoms with Gasteiger partial charge in [0.15, 0.2) is 9.84 Å². The molecule has 306 valence electrons. The quantitative estimate of drug-likeness (QED) is 0.153. The van der Waals surface area contributed by atoms with Crippen LogP contribution in [0.3, 0.4) is 0 Å². The minimum Gasteiger partial charge on any atom is -0.456 e. The molecule has 1 saturated heterocycles. The Morgan fingerprint density at radius 1 is 0.909 bits per heavy atom. The molecule has 7 heteroatoms. The third kappa shape index (κ3) is 7.15. The van der Waals surface area contributed by atoms with Gasteiger partial charge in [-0.2, -0.15) is 0 Å². The molecule has 7 rings (SSSR count). The summed E-state index contributed by atoms with van der Waals surface area (Å²) in [6.45, 7) is 30.4. The maximum atomic E-state index is 12.8. The molecule has 1 N–H and O–H groups in total. The van der Waals surface area contributed by atoms with Gasteiger partial charge >= 0.3 is 5.97 Å². The zero-order chi connectivity index (χ0) is 39.8. The number of nitrogens with one attached hydrogen (secondary N) is 1. The van der Waals surface area contributed by atoms with Crippen LogP contribution in [-0.4, -0.2) is 69.1 Å². The molecule has 6 aliphatic rings. The summed E-state index contributed by atoms with van der Waals surface area (Å²) in [5, 5.41) is 3.99. The van der Waals surface area contributed by atoms with E-state index in [-0.39, 0.29) is 16.8 Å². The summed E-state index contributed by atoms with van der Waals surface area (Å²) in [7, 11) is -2.83. The second-order valence-electron chi connectivity index (χ2n) is 21.7. The lowest BCUT2D eigenvalue weighted by molar-refractivity contribution is -0.225. The maximum absolute atomic E-state index is 12.8. The first-order chi connectivity index (χ1) is 25.7. The van der Waals surface area contributed by atoms with Gasteiger partial charge in [-0.1, -0.05) is 65.0 Å². The van der Waals surface area contributed by atoms with E-state index >= 15 is 0 Å². The second-order valence-corrected chi connectivity index (χ2v) is 24.0. The van der Waals surface area contributed by atoms with E-state index < -0.39 is 15.4 Å². The van der Waals surface area contributed by atoms with Gasteiger partial charge in [0.05, 0.1) is 17.1 Å². The molecule has 0 aromatic heterocycles. The molecule has 5 fully saturated rings. The van der Waals surface area contributed by atoms with Crippen LogP contribution in [0.5, 0.6) is 0 Å². The summed E-state index contributed by atoms with van der Waals surface area (Å²) in [6, 6.07) is 8.22. The van der Waals surface area contributed by atoms with Crippen molar-refractivity contribution in [2.24, 2.45) is 56.7 Å². The molecule has 0 amide bonds. The number of hydrogen-bond donors (Lipinski definition) is 1. The van der Waals surface area contributed by atoms with E-state index in [4.69, 9.17) is 4.74 Å². The Bertz CT molecular complexity index is 1760. The molecule has 1 aliphatic heterocycles. The number of carbonyl (C=O) groups is 1. The summed E-state index contributed by atoms with van der Waals surface area (Å²) >= 11 is 0. The van der Waals surface area contributed by atoms with Gasteiger partial charge in [0.1, 0.15) is 5.60 Å². The molecule has 6 nitrogen and oxygen atoms in total. The second kappa shape index (κ2) is 14.4. The number of ether oxygens (including phenoxy) is 1. The molecule has 55 heavy (non-hydrogen) atoms. The molecule has 1 aromatic rings. The summed E-state index contributed by atoms with van der Waals surface area (Å²) < 4.78 is 29.5. The van der Waals surface area contributed by atoms with Crippen LogP contribution in [0.2, 0.25) is 0 Å². The van der Waals surface area contributed by atoms with E-state index in [1.54, 1.807) is 0 Å². The minimum absolute atomic E-state index is 0.0368. The number of carbonyl (C=O) groups excluding carboxylic acids is 1. The minimum atomic E-state index is -2.83. The third-order valence-corrected chi connectivity index (χ3v) is 19.0. The van der Waals surface area contributed by atoms with Crippen molar-refractivity contribution in [1.82, 2.24) is 10.2 Å². The largest absolute Gasteiger partial charge is 0.456 e. The lowest BCUT2D eigenvalue weighted by Gasteiger charge is -2.72. The van der Waals surface area contributed by atoms with Crippen LogP contribution in [0, 0.1) is 56.7 Å². The van der Waals surface area contributed by atoms with Crippen molar-refractivity contribution in [2.45, 2.75) is 132 Å². The molecular weight excluding hydrogens is 701 g/mol. The molecule has 0 radical (unpaired) electrons. The van der Waals surface area contributed by atoms with Gasteiger partial charge in [-0.15, -0.1) is 0 Å². The number of rotatable bonds is 9. The van der Waals surface area contributed by atoms with Gasteiger partial charge in [-0.3, -0.25) is 0 Å². The van der Waals surface area contributed by atoms with Crippen molar-refractivity contribution in [3.63, 3.8) is 0 Å². The Morgan fingerprint density at radius 2 is 1.60 bits per heavy atom. The fourth-order valence-corrected chi connectivity index (χ4v) is 15.8. The van der Waals surface area contributed by atoms with Gasteiger partial charge < -0.3 is 15.0 Å². The topological polar surface area (TPSA) is 75.7 Å². The first kappa shape index (κ1) is 41.2. The fraction of sp³-hybridized carbons (Fsp3) is 0.771. The number of allylic oxidation sites excluding steroid dienone is 3. The highest BCUT2D eigenvalue weighted by Crippen LogP contribution is 2.77. The number of esters is 1. The summed E-state index contributed by atoms with van der Waals surface area (Å²) in [4.78, 5) is 15.1. The van der Waals surface area contributed by atoms with E-state index in [0.29, 0.717) is 70.1 Å². The number of sulfone groups is 1. The standard InChI is InChI=1S/C48H74N2O4S/c1-33(2)36-18-23-48(32-49-26-11-27-50-28-30-55(52,53)31-29-50)25-24-46(9)38(41(36)48)16-17-40-45(8)21-19-37(44(6,7)39(45)20-22-47(40,46)10)34-12-14-35(15-13-34)42(51)54-43(3,4)5/h12-15,19,36,38-41,49H,1,11,16-18,20-32H2,2-10H3. The molecule has 0 spiro atoms. The van der Waals surface area contributed by atoms with Crippen LogP contribution in [-0.2, 0) is 14.6 Å². The Labute approximate surface area is 335 Å². The molecule has 9 atom stereocenters. The van der Waals surface area contributed by atoms with Crippen molar-refractivity contribution in [1.29, 1.82) is 0 Å². The SMILES string of the molecule is C=C(C)C1CCC2(CNCCCN3CCS(=O)(=O)CC3)CCC3(C)C(CCC4C5(C)CC=C(c6ccc(C(=O)OC(C)(C)C)cc6)C(C)(C)C5CCC43C)C12. The van der Waals surface area contributed by atoms with Crippen LogP contribution in [0.15, 0.2) is 42.5 Å². The lowest BCUT2D eigenvalue weighted by Crippen LogP contribution is -2.65. The third-order valence-electron chi connectivity index (χ3n) is 17.4. The van der Waals surface area contributed by atoms with Crippen LogP contribution < -0.4 is 5.32 Å². The predicted molar refractivity (Wildman–Crippen MR) is 227 cm³/mol. The zero-order valence-electron chi connectivity index (χ0n) is 36.0. The van der Waals surface area contributed by atoms with Gasteiger partial charge in [-0.25, -0.2) is 13.2 Å². The first-order valence-electron chi connectivity index (χ1n) is 22.0. The lowest BCUT2D eigenvalue weighted by atomic mass is 9.32. The Balaban J connectivity index is 1.08. The van der Waals surface area contributed by atoms with Gasteiger partial charge in [-0.05, 0) is 185 Å². The molecule has 0 bridgehead atoms. The molecule has 5 aliphatic carbocycles. The average molecular weight is 775 g/mol. The smallest absolute Gasteiger partial charge is 0.338 e. The first-order valence-corrected chi connectivity index (χ1v) is 23.8. The highest BCUT2D eigenvalue weighted by Gasteiger charge is 2.70. The number of nitrogens with zero attached hydrogens (tertiary/aromatic N) is 1. The van der Waals surface area contributed by atoms with E-state index in [0.717, 1.165) is 38.4 Å². The van der Waals surface area contributed by atoms with E-state index in [1.165, 1.54) is 68.1 Å². The normalized spacial score (nSPS) is 39.5. The van der Waals surface area contributed by atoms with Crippen molar-refractivity contribution < 1.29 is 17.9 Å². The van der Waals surface area contributed by atoms with Gasteiger partial charge in [0.2, 0.25) is 0 Å². The number of hydrogen-bond acceptors (Lipinski definition) is 6. The average Bonchev–Trinajstić information content (AvgIpc) is 3.48. The van der Waals surface area contributed by atoms with E-state index in [2.05, 4.69) is 76.5 Å². The van der Waals surface area contributed by atoms with E-state index in [9.17, 15) is 13.2 Å². The van der Waals surface area contributed by atoms with Crippen LogP contribution >= 0.6 is 0 Å². The highest BCUT2D eigenvalue weighted by atomic mass is 32.2. The fourth-order valence-electron chi connectivity index (χ4n) is 14.6. The summed E-state index contributed by atoms with van der Waals surface area (Å²) in [5.74, 6) is 3.74. The van der Waals surface area contributed by atoms with Crippen LogP contribution in [0.4, 0.5) is 0 Å². The monoisotopic (exact) mass is 775 g/mol. The van der Waals surface area contributed by atoms with Crippen molar-refractivity contribution in [3.8, 4) is 0 Å². The van der Waals surface area contributed by atoms with Gasteiger partial charge in [0.25, 0.3) is 0 Å². The molecule has 1 heterocycles. The summed E-state index contributed by atoms with van der Waals surface area (Å²) in [5.41, 5.74) is 5.47. The molecular formula is C48H74N2O4S. The molecule has 9 unspecified atom stereocenters. The van der Waals surface area contributed by atoms with Crippen LogP contribution in [0.1, 0.15) is 142 Å². The number of benzene rings is 1. The van der Waals surface area contributed by atoms with Crippen LogP contribution in [0.25, 0.3) is 5.57 Å². The predicted octanol–water partition coefficient (Wildman–Crippen LogP) is 10.0. The van der Waals surface area contributed by atoms with Crippen molar-refractivity contribution in [2.75, 3.05) is 44.2 Å². The molecule has 4 saturated carbocycles. The van der Waals surface area contributed by atoms with Crippen molar-refractivity contribution >= 4 is 21.4 Å².